The van der Waals surface area contributed by atoms with E-state index in [-0.39, 0.29) is 11.6 Å². The van der Waals surface area contributed by atoms with Crippen molar-refractivity contribution in [3.05, 3.63) is 88.2 Å². The Labute approximate surface area is 164 Å². The van der Waals surface area contributed by atoms with Gasteiger partial charge in [0.1, 0.15) is 11.5 Å². The number of hydrogen-bond acceptors (Lipinski definition) is 5. The molecule has 0 saturated carbocycles. The molecule has 5 heteroatoms. The molecule has 1 aromatic heterocycles. The summed E-state index contributed by atoms with van der Waals surface area (Å²) in [5, 5.41) is 0. The Hall–Kier alpha value is -3.47. The van der Waals surface area contributed by atoms with Gasteiger partial charge in [0.15, 0.2) is 11.6 Å². The quantitative estimate of drug-likeness (QED) is 0.605. The third-order valence-electron chi connectivity index (χ3n) is 4.60. The summed E-state index contributed by atoms with van der Waals surface area (Å²) in [4.78, 5) is 30.4. The number of rotatable bonds is 6. The minimum Gasteiger partial charge on any atom is -0.497 e. The average molecular weight is 375 g/mol. The molecule has 1 heterocycles. The first-order chi connectivity index (χ1) is 13.4. The van der Waals surface area contributed by atoms with Crippen molar-refractivity contribution in [3.8, 4) is 11.5 Å². The summed E-state index contributed by atoms with van der Waals surface area (Å²) < 4.78 is 10.3. The molecule has 0 amide bonds. The number of hydrogen-bond donors (Lipinski definition) is 0. The van der Waals surface area contributed by atoms with E-state index < -0.39 is 0 Å². The van der Waals surface area contributed by atoms with Gasteiger partial charge < -0.3 is 9.47 Å². The van der Waals surface area contributed by atoms with Crippen LogP contribution in [0.1, 0.15) is 43.2 Å². The van der Waals surface area contributed by atoms with Gasteiger partial charge in [-0.3, -0.25) is 14.6 Å². The van der Waals surface area contributed by atoms with E-state index in [9.17, 15) is 9.59 Å². The zero-order valence-corrected chi connectivity index (χ0v) is 16.3. The molecule has 0 aliphatic rings. The molecule has 0 atom stereocenters. The SMILES string of the molecule is COc1ccc(C(=O)c2cc(C(=O)c3ccc(OC)cc3)c(C)nc2C)cc1. The lowest BCUT2D eigenvalue weighted by molar-refractivity contribution is 0.103. The lowest BCUT2D eigenvalue weighted by Crippen LogP contribution is -2.12. The molecule has 0 aliphatic heterocycles. The number of aromatic nitrogens is 1. The first-order valence-electron chi connectivity index (χ1n) is 8.80. The molecular formula is C23H21NO4. The van der Waals surface area contributed by atoms with Crippen LogP contribution in [0.2, 0.25) is 0 Å². The zero-order valence-electron chi connectivity index (χ0n) is 16.3. The van der Waals surface area contributed by atoms with E-state index in [0.29, 0.717) is 45.1 Å². The average Bonchev–Trinajstić information content (AvgIpc) is 2.73. The fourth-order valence-electron chi connectivity index (χ4n) is 2.98. The Morgan fingerprint density at radius 2 is 1.04 bits per heavy atom. The van der Waals surface area contributed by atoms with Crippen LogP contribution in [0, 0.1) is 13.8 Å². The molecule has 3 aromatic rings. The third kappa shape index (κ3) is 3.78. The van der Waals surface area contributed by atoms with E-state index >= 15 is 0 Å². The monoisotopic (exact) mass is 375 g/mol. The maximum absolute atomic E-state index is 13.0. The highest BCUT2D eigenvalue weighted by Gasteiger charge is 2.19. The maximum atomic E-state index is 13.0. The summed E-state index contributed by atoms with van der Waals surface area (Å²) in [5.41, 5.74) is 3.02. The standard InChI is InChI=1S/C23H21NO4/c1-14-20(22(25)16-5-9-18(27-3)10-6-16)13-21(15(2)24-14)23(26)17-7-11-19(28-4)12-8-17/h5-13H,1-4H3. The van der Waals surface area contributed by atoms with E-state index in [2.05, 4.69) is 4.98 Å². The minimum atomic E-state index is -0.184. The van der Waals surface area contributed by atoms with Crippen LogP contribution in [0.15, 0.2) is 54.6 Å². The summed E-state index contributed by atoms with van der Waals surface area (Å²) in [6.07, 6.45) is 0. The van der Waals surface area contributed by atoms with Crippen LogP contribution in [-0.4, -0.2) is 30.8 Å². The fraction of sp³-hybridized carbons (Fsp3) is 0.174. The van der Waals surface area contributed by atoms with Crippen LogP contribution in [0.25, 0.3) is 0 Å². The van der Waals surface area contributed by atoms with E-state index in [0.717, 1.165) is 0 Å². The van der Waals surface area contributed by atoms with Crippen LogP contribution < -0.4 is 9.47 Å². The van der Waals surface area contributed by atoms with Gasteiger partial charge in [-0.05, 0) is 68.4 Å². The van der Waals surface area contributed by atoms with Crippen LogP contribution in [0.4, 0.5) is 0 Å². The van der Waals surface area contributed by atoms with Crippen LogP contribution in [0.3, 0.4) is 0 Å². The molecule has 0 unspecified atom stereocenters. The number of carbonyl (C=O) groups excluding carboxylic acids is 2. The van der Waals surface area contributed by atoms with Gasteiger partial charge in [0.25, 0.3) is 0 Å². The lowest BCUT2D eigenvalue weighted by atomic mass is 9.95. The smallest absolute Gasteiger partial charge is 0.194 e. The summed E-state index contributed by atoms with van der Waals surface area (Å²) in [5.74, 6) is 0.976. The molecule has 2 aromatic carbocycles. The first kappa shape index (κ1) is 19.3. The molecule has 142 valence electrons. The van der Waals surface area contributed by atoms with Gasteiger partial charge in [0.2, 0.25) is 0 Å². The minimum absolute atomic E-state index is 0.184. The summed E-state index contributed by atoms with van der Waals surface area (Å²) in [6.45, 7) is 3.54. The highest BCUT2D eigenvalue weighted by Crippen LogP contribution is 2.22. The van der Waals surface area contributed by atoms with Crippen molar-refractivity contribution in [2.45, 2.75) is 13.8 Å². The maximum Gasteiger partial charge on any atom is 0.194 e. The van der Waals surface area contributed by atoms with Crippen LogP contribution in [-0.2, 0) is 0 Å². The Balaban J connectivity index is 1.99. The number of benzene rings is 2. The predicted octanol–water partition coefficient (Wildman–Crippen LogP) is 4.18. The normalized spacial score (nSPS) is 10.4. The zero-order chi connectivity index (χ0) is 20.3. The van der Waals surface area contributed by atoms with Crippen molar-refractivity contribution in [3.63, 3.8) is 0 Å². The van der Waals surface area contributed by atoms with Gasteiger partial charge in [-0.2, -0.15) is 0 Å². The molecule has 0 aliphatic carbocycles. The van der Waals surface area contributed by atoms with Crippen LogP contribution in [0.5, 0.6) is 11.5 Å². The van der Waals surface area contributed by atoms with Gasteiger partial charge in [-0.1, -0.05) is 0 Å². The second kappa shape index (κ2) is 8.05. The molecule has 5 nitrogen and oxygen atoms in total. The molecule has 0 saturated heterocycles. The second-order valence-corrected chi connectivity index (χ2v) is 6.37. The van der Waals surface area contributed by atoms with E-state index in [4.69, 9.17) is 9.47 Å². The Bertz CT molecular complexity index is 941. The Kier molecular flexibility index (Phi) is 5.54. The van der Waals surface area contributed by atoms with Crippen molar-refractivity contribution in [1.29, 1.82) is 0 Å². The number of carbonyl (C=O) groups is 2. The highest BCUT2D eigenvalue weighted by atomic mass is 16.5. The molecule has 0 radical (unpaired) electrons. The number of ketones is 2. The van der Waals surface area contributed by atoms with Gasteiger partial charge >= 0.3 is 0 Å². The van der Waals surface area contributed by atoms with Gasteiger partial charge in [0, 0.05) is 33.6 Å². The lowest BCUT2D eigenvalue weighted by Gasteiger charge is -2.11. The van der Waals surface area contributed by atoms with E-state index in [1.165, 1.54) is 0 Å². The van der Waals surface area contributed by atoms with E-state index in [1.807, 2.05) is 0 Å². The molecule has 0 fully saturated rings. The Morgan fingerprint density at radius 3 is 1.36 bits per heavy atom. The summed E-state index contributed by atoms with van der Waals surface area (Å²) >= 11 is 0. The number of aryl methyl sites for hydroxylation is 2. The highest BCUT2D eigenvalue weighted by molar-refractivity contribution is 6.14. The van der Waals surface area contributed by atoms with Crippen LogP contribution >= 0.6 is 0 Å². The molecule has 28 heavy (non-hydrogen) atoms. The topological polar surface area (TPSA) is 65.5 Å². The summed E-state index contributed by atoms with van der Waals surface area (Å²) in [6, 6.07) is 15.4. The third-order valence-corrected chi connectivity index (χ3v) is 4.60. The summed E-state index contributed by atoms with van der Waals surface area (Å²) in [7, 11) is 3.14. The van der Waals surface area contributed by atoms with Crippen molar-refractivity contribution in [2.75, 3.05) is 14.2 Å². The van der Waals surface area contributed by atoms with Crippen molar-refractivity contribution < 1.29 is 19.1 Å². The van der Waals surface area contributed by atoms with Crippen molar-refractivity contribution in [1.82, 2.24) is 4.98 Å². The number of ether oxygens (including phenoxy) is 2. The Morgan fingerprint density at radius 1 is 0.679 bits per heavy atom. The van der Waals surface area contributed by atoms with Crippen molar-refractivity contribution >= 4 is 11.6 Å². The van der Waals surface area contributed by atoms with Gasteiger partial charge in [-0.15, -0.1) is 0 Å². The first-order valence-corrected chi connectivity index (χ1v) is 8.80. The number of methoxy groups -OCH3 is 2. The molecular weight excluding hydrogens is 354 g/mol. The molecule has 0 spiro atoms. The largest absolute Gasteiger partial charge is 0.497 e. The molecule has 3 rings (SSSR count). The molecule has 0 N–H and O–H groups in total. The second-order valence-electron chi connectivity index (χ2n) is 6.37. The van der Waals surface area contributed by atoms with Gasteiger partial charge in [0.05, 0.1) is 14.2 Å². The molecule has 0 bridgehead atoms. The predicted molar refractivity (Wildman–Crippen MR) is 107 cm³/mol. The number of pyridine rings is 1. The fourth-order valence-corrected chi connectivity index (χ4v) is 2.98. The number of nitrogens with zero attached hydrogens (tertiary/aromatic N) is 1. The van der Waals surface area contributed by atoms with Crippen molar-refractivity contribution in [2.24, 2.45) is 0 Å². The van der Waals surface area contributed by atoms with Gasteiger partial charge in [-0.25, -0.2) is 0 Å². The van der Waals surface area contributed by atoms with E-state index in [1.54, 1.807) is 82.7 Å².